The van der Waals surface area contributed by atoms with Gasteiger partial charge in [-0.1, -0.05) is 42.5 Å². The van der Waals surface area contributed by atoms with Crippen LogP contribution in [0.3, 0.4) is 0 Å². The number of methoxy groups -OCH3 is 1. The summed E-state index contributed by atoms with van der Waals surface area (Å²) >= 11 is 0. The second kappa shape index (κ2) is 6.38. The van der Waals surface area contributed by atoms with Crippen molar-refractivity contribution in [2.45, 2.75) is 37.8 Å². The summed E-state index contributed by atoms with van der Waals surface area (Å²) in [5, 5.41) is 0. The van der Waals surface area contributed by atoms with Gasteiger partial charge in [0, 0.05) is 6.08 Å². The first-order valence-electron chi connectivity index (χ1n) is 7.99. The highest BCUT2D eigenvalue weighted by Crippen LogP contribution is 2.43. The molecule has 4 nitrogen and oxygen atoms in total. The molecule has 3 atom stereocenters. The van der Waals surface area contributed by atoms with Gasteiger partial charge in [0.2, 0.25) is 0 Å². The minimum Gasteiger partial charge on any atom is -0.466 e. The number of benzene rings is 1. The maximum absolute atomic E-state index is 11.5. The first-order valence-corrected chi connectivity index (χ1v) is 7.99. The Morgan fingerprint density at radius 1 is 1.25 bits per heavy atom. The first-order chi connectivity index (χ1) is 11.4. The predicted molar refractivity (Wildman–Crippen MR) is 91.3 cm³/mol. The molecule has 0 spiro atoms. The van der Waals surface area contributed by atoms with Gasteiger partial charge in [0.25, 0.3) is 0 Å². The van der Waals surface area contributed by atoms with Crippen molar-refractivity contribution in [2.24, 2.45) is 0 Å². The van der Waals surface area contributed by atoms with Gasteiger partial charge in [0.1, 0.15) is 17.3 Å². The van der Waals surface area contributed by atoms with Crippen LogP contribution in [0.5, 0.6) is 0 Å². The van der Waals surface area contributed by atoms with Gasteiger partial charge in [0.05, 0.1) is 13.7 Å². The lowest BCUT2D eigenvalue weighted by molar-refractivity contribution is -0.135. The molecule has 2 heterocycles. The van der Waals surface area contributed by atoms with Crippen molar-refractivity contribution >= 4 is 5.97 Å². The van der Waals surface area contributed by atoms with E-state index in [1.165, 1.54) is 13.2 Å². The van der Waals surface area contributed by atoms with Crippen LogP contribution in [-0.2, 0) is 25.6 Å². The molecule has 2 aliphatic heterocycles. The fourth-order valence-corrected chi connectivity index (χ4v) is 3.21. The molecule has 4 heteroatoms. The molecule has 0 fully saturated rings. The third kappa shape index (κ3) is 3.35. The van der Waals surface area contributed by atoms with E-state index < -0.39 is 11.2 Å². The Balaban J connectivity index is 1.85. The van der Waals surface area contributed by atoms with Crippen molar-refractivity contribution in [3.05, 3.63) is 71.8 Å². The van der Waals surface area contributed by atoms with Crippen LogP contribution in [0.4, 0.5) is 0 Å². The summed E-state index contributed by atoms with van der Waals surface area (Å²) in [6.45, 7) is 4.47. The number of carbonyl (C=O) groups is 1. The second-order valence-electron chi connectivity index (χ2n) is 6.48. The van der Waals surface area contributed by atoms with Crippen molar-refractivity contribution in [1.29, 1.82) is 0 Å². The number of hydrogen-bond donors (Lipinski definition) is 0. The molecule has 1 aromatic rings. The van der Waals surface area contributed by atoms with Gasteiger partial charge in [-0.2, -0.15) is 0 Å². The topological polar surface area (TPSA) is 44.8 Å². The van der Waals surface area contributed by atoms with Crippen molar-refractivity contribution < 1.29 is 19.0 Å². The molecule has 0 amide bonds. The Hall–Kier alpha value is -2.17. The quantitative estimate of drug-likeness (QED) is 0.473. The van der Waals surface area contributed by atoms with E-state index >= 15 is 0 Å². The summed E-state index contributed by atoms with van der Waals surface area (Å²) in [6, 6.07) is 9.99. The molecule has 3 rings (SSSR count). The van der Waals surface area contributed by atoms with Crippen LogP contribution in [0.25, 0.3) is 0 Å². The zero-order valence-electron chi connectivity index (χ0n) is 14.2. The van der Waals surface area contributed by atoms with E-state index in [1.807, 2.05) is 62.4 Å². The maximum atomic E-state index is 11.5. The third-order valence-corrected chi connectivity index (χ3v) is 4.33. The van der Waals surface area contributed by atoms with E-state index in [2.05, 4.69) is 4.74 Å². The van der Waals surface area contributed by atoms with Crippen molar-refractivity contribution in [2.75, 3.05) is 7.11 Å². The molecular weight excluding hydrogens is 304 g/mol. The molecular formula is C20H22O4. The Labute approximate surface area is 142 Å². The van der Waals surface area contributed by atoms with Gasteiger partial charge >= 0.3 is 5.97 Å². The summed E-state index contributed by atoms with van der Waals surface area (Å²) in [5.74, 6) is -0.389. The van der Waals surface area contributed by atoms with Crippen LogP contribution in [0.15, 0.2) is 66.3 Å². The van der Waals surface area contributed by atoms with Crippen molar-refractivity contribution in [1.82, 2.24) is 0 Å². The normalized spacial score (nSPS) is 31.3. The summed E-state index contributed by atoms with van der Waals surface area (Å²) in [4.78, 5) is 11.5. The largest absolute Gasteiger partial charge is 0.466 e. The first kappa shape index (κ1) is 16.7. The Kier molecular flexibility index (Phi) is 4.43. The van der Waals surface area contributed by atoms with Gasteiger partial charge in [-0.3, -0.25) is 0 Å². The SMILES string of the molecule is COC(=O)/C=C/C1=C[C@]2(C)C=C[C@@](C)(O2)[C@@H]1OCc1ccccc1. The summed E-state index contributed by atoms with van der Waals surface area (Å²) in [5.41, 5.74) is 0.968. The monoisotopic (exact) mass is 326 g/mol. The van der Waals surface area contributed by atoms with E-state index in [0.717, 1.165) is 11.1 Å². The lowest BCUT2D eigenvalue weighted by Crippen LogP contribution is -2.48. The zero-order valence-corrected chi connectivity index (χ0v) is 14.2. The second-order valence-corrected chi connectivity index (χ2v) is 6.48. The molecule has 0 saturated carbocycles. The van der Waals surface area contributed by atoms with Crippen LogP contribution >= 0.6 is 0 Å². The third-order valence-electron chi connectivity index (χ3n) is 4.33. The highest BCUT2D eigenvalue weighted by Gasteiger charge is 2.49. The molecule has 1 aromatic carbocycles. The van der Waals surface area contributed by atoms with Gasteiger partial charge < -0.3 is 14.2 Å². The molecule has 0 saturated heterocycles. The smallest absolute Gasteiger partial charge is 0.330 e. The van der Waals surface area contributed by atoms with Crippen LogP contribution in [0.2, 0.25) is 0 Å². The number of ether oxygens (including phenoxy) is 3. The highest BCUT2D eigenvalue weighted by atomic mass is 16.6. The predicted octanol–water partition coefficient (Wildman–Crippen LogP) is 3.34. The van der Waals surface area contributed by atoms with Gasteiger partial charge in [0.15, 0.2) is 0 Å². The minimum atomic E-state index is -0.561. The molecule has 0 N–H and O–H groups in total. The van der Waals surface area contributed by atoms with Gasteiger partial charge in [-0.25, -0.2) is 4.79 Å². The number of rotatable bonds is 5. The van der Waals surface area contributed by atoms with Crippen molar-refractivity contribution in [3.8, 4) is 0 Å². The van der Waals surface area contributed by atoms with Crippen LogP contribution < -0.4 is 0 Å². The van der Waals surface area contributed by atoms with E-state index in [-0.39, 0.29) is 12.1 Å². The molecule has 0 aromatic heterocycles. The van der Waals surface area contributed by atoms with E-state index in [1.54, 1.807) is 6.08 Å². The number of fused-ring (bicyclic) bond motifs is 2. The standard InChI is InChI=1S/C20H22O4/c1-19-11-12-20(2,24-19)18(16(13-19)9-10-17(21)22-3)23-14-15-7-5-4-6-8-15/h4-13,18H,14H2,1-3H3/b10-9+/t18-,19+,20-/m1/s1. The Morgan fingerprint density at radius 3 is 2.71 bits per heavy atom. The lowest BCUT2D eigenvalue weighted by atomic mass is 9.89. The molecule has 0 unspecified atom stereocenters. The minimum absolute atomic E-state index is 0.301. The average molecular weight is 326 g/mol. The summed E-state index contributed by atoms with van der Waals surface area (Å²) in [6.07, 6.45) is 8.94. The van der Waals surface area contributed by atoms with Gasteiger partial charge in [-0.05, 0) is 37.1 Å². The number of hydrogen-bond acceptors (Lipinski definition) is 4. The summed E-state index contributed by atoms with van der Waals surface area (Å²) < 4.78 is 17.0. The average Bonchev–Trinajstić information content (AvgIpc) is 2.84. The maximum Gasteiger partial charge on any atom is 0.330 e. The van der Waals surface area contributed by atoms with Crippen LogP contribution in [0.1, 0.15) is 19.4 Å². The molecule has 24 heavy (non-hydrogen) atoms. The number of carbonyl (C=O) groups excluding carboxylic acids is 1. The molecule has 2 aliphatic rings. The fourth-order valence-electron chi connectivity index (χ4n) is 3.21. The van der Waals surface area contributed by atoms with E-state index in [9.17, 15) is 4.79 Å². The van der Waals surface area contributed by atoms with Crippen LogP contribution in [0, 0.1) is 0 Å². The Bertz CT molecular complexity index is 704. The molecule has 126 valence electrons. The van der Waals surface area contributed by atoms with Crippen molar-refractivity contribution in [3.63, 3.8) is 0 Å². The molecule has 0 radical (unpaired) electrons. The lowest BCUT2D eigenvalue weighted by Gasteiger charge is -2.41. The number of esters is 1. The summed E-state index contributed by atoms with van der Waals surface area (Å²) in [7, 11) is 1.36. The molecule has 0 aliphatic carbocycles. The fraction of sp³-hybridized carbons (Fsp3) is 0.350. The van der Waals surface area contributed by atoms with Gasteiger partial charge in [-0.15, -0.1) is 0 Å². The van der Waals surface area contributed by atoms with E-state index in [4.69, 9.17) is 9.47 Å². The zero-order chi connectivity index (χ0) is 17.2. The van der Waals surface area contributed by atoms with Crippen LogP contribution in [-0.4, -0.2) is 30.4 Å². The Morgan fingerprint density at radius 2 is 2.00 bits per heavy atom. The molecule has 2 bridgehead atoms. The highest BCUT2D eigenvalue weighted by molar-refractivity contribution is 5.82. The van der Waals surface area contributed by atoms with E-state index in [0.29, 0.717) is 6.61 Å².